The molecule has 2 aromatic rings. The lowest BCUT2D eigenvalue weighted by atomic mass is 9.99. The van der Waals surface area contributed by atoms with Gasteiger partial charge in [-0.3, -0.25) is 0 Å². The maximum atomic E-state index is 13.2. The number of aryl methyl sites for hydroxylation is 2. The lowest BCUT2D eigenvalue weighted by molar-refractivity contribution is 0.231. The Labute approximate surface area is 195 Å². The number of carbonyl (C=O) groups excluding carboxylic acids is 1. The maximum Gasteiger partial charge on any atom is 0.333 e. The minimum atomic E-state index is -4.09. The van der Waals surface area contributed by atoms with Crippen molar-refractivity contribution in [2.45, 2.75) is 62.8 Å². The van der Waals surface area contributed by atoms with E-state index < -0.39 is 16.1 Å². The fourth-order valence-corrected chi connectivity index (χ4v) is 6.46. The number of fused-ring (bicyclic) bond motifs is 3. The van der Waals surface area contributed by atoms with Crippen molar-refractivity contribution in [1.82, 2.24) is 14.2 Å². The van der Waals surface area contributed by atoms with Crippen LogP contribution in [0.5, 0.6) is 5.88 Å². The number of sulfonamides is 1. The highest BCUT2D eigenvalue weighted by Gasteiger charge is 2.31. The predicted octanol–water partition coefficient (Wildman–Crippen LogP) is 2.86. The van der Waals surface area contributed by atoms with E-state index in [-0.39, 0.29) is 4.90 Å². The number of anilines is 1. The summed E-state index contributed by atoms with van der Waals surface area (Å²) in [5, 5.41) is 2.91. The van der Waals surface area contributed by atoms with Gasteiger partial charge in [-0.05, 0) is 87.4 Å². The fourth-order valence-electron chi connectivity index (χ4n) is 5.36. The Morgan fingerprint density at radius 3 is 2.42 bits per heavy atom. The summed E-state index contributed by atoms with van der Waals surface area (Å²) in [6.07, 6.45) is 7.53. The van der Waals surface area contributed by atoms with E-state index in [1.807, 2.05) is 18.7 Å². The molecule has 2 amide bonds. The molecule has 5 rings (SSSR count). The smallest absolute Gasteiger partial charge is 0.333 e. The highest BCUT2D eigenvalue weighted by molar-refractivity contribution is 7.90. The molecular weight excluding hydrogens is 440 g/mol. The third kappa shape index (κ3) is 4.24. The van der Waals surface area contributed by atoms with Crippen LogP contribution in [-0.4, -0.2) is 51.2 Å². The number of rotatable bonds is 6. The largest absolute Gasteiger partial charge is 0.478 e. The Morgan fingerprint density at radius 2 is 1.76 bits per heavy atom. The molecule has 33 heavy (non-hydrogen) atoms. The summed E-state index contributed by atoms with van der Waals surface area (Å²) in [4.78, 5) is 15.0. The van der Waals surface area contributed by atoms with E-state index in [0.29, 0.717) is 25.5 Å². The molecule has 2 aliphatic carbocycles. The lowest BCUT2D eigenvalue weighted by Gasteiger charge is -2.20. The number of nitrogens with zero attached hydrogens (tertiary/aromatic N) is 2. The average Bonchev–Trinajstić information content (AvgIpc) is 3.50. The van der Waals surface area contributed by atoms with Crippen LogP contribution >= 0.6 is 0 Å². The molecule has 9 heteroatoms. The SMILES string of the molecule is CN(C)CCc1cc(S(=O)(=O)NC(=O)Nc2c3c(cc4c2CCC4)CCC3)c2n1CCCO2. The number of hydrogen-bond acceptors (Lipinski definition) is 5. The molecular formula is C24H32N4O4S. The van der Waals surface area contributed by atoms with Gasteiger partial charge in [-0.25, -0.2) is 17.9 Å². The maximum absolute atomic E-state index is 13.2. The van der Waals surface area contributed by atoms with Crippen molar-refractivity contribution < 1.29 is 17.9 Å². The van der Waals surface area contributed by atoms with E-state index in [1.54, 1.807) is 6.07 Å². The summed E-state index contributed by atoms with van der Waals surface area (Å²) in [7, 11) is -0.122. The average molecular weight is 473 g/mol. The molecule has 0 saturated heterocycles. The van der Waals surface area contributed by atoms with Gasteiger partial charge in [0.25, 0.3) is 10.0 Å². The van der Waals surface area contributed by atoms with Crippen molar-refractivity contribution in [2.75, 3.05) is 32.6 Å². The molecule has 0 fully saturated rings. The first-order valence-electron chi connectivity index (χ1n) is 11.8. The molecule has 0 atom stereocenters. The molecule has 1 aromatic heterocycles. The number of aromatic nitrogens is 1. The molecule has 8 nitrogen and oxygen atoms in total. The Balaban J connectivity index is 1.40. The molecule has 3 aliphatic rings. The first-order valence-corrected chi connectivity index (χ1v) is 13.3. The zero-order valence-corrected chi connectivity index (χ0v) is 20.2. The van der Waals surface area contributed by atoms with Crippen molar-refractivity contribution in [3.63, 3.8) is 0 Å². The zero-order valence-electron chi connectivity index (χ0n) is 19.4. The number of carbonyl (C=O) groups is 1. The van der Waals surface area contributed by atoms with Gasteiger partial charge in [-0.2, -0.15) is 0 Å². The van der Waals surface area contributed by atoms with Crippen LogP contribution in [-0.2, 0) is 48.7 Å². The second-order valence-electron chi connectivity index (χ2n) is 9.51. The van der Waals surface area contributed by atoms with Gasteiger partial charge >= 0.3 is 6.03 Å². The zero-order chi connectivity index (χ0) is 23.2. The summed E-state index contributed by atoms with van der Waals surface area (Å²) >= 11 is 0. The Morgan fingerprint density at radius 1 is 1.06 bits per heavy atom. The van der Waals surface area contributed by atoms with E-state index in [1.165, 1.54) is 22.3 Å². The highest BCUT2D eigenvalue weighted by Crippen LogP contribution is 2.39. The Bertz CT molecular complexity index is 1170. The highest BCUT2D eigenvalue weighted by atomic mass is 32.2. The van der Waals surface area contributed by atoms with Gasteiger partial charge in [0.2, 0.25) is 5.88 Å². The number of ether oxygens (including phenoxy) is 1. The van der Waals surface area contributed by atoms with Crippen LogP contribution in [0, 0.1) is 0 Å². The minimum absolute atomic E-state index is 0.0367. The molecule has 1 aromatic carbocycles. The van der Waals surface area contributed by atoms with Gasteiger partial charge in [0.15, 0.2) is 0 Å². The van der Waals surface area contributed by atoms with Crippen LogP contribution in [0.1, 0.15) is 47.2 Å². The number of urea groups is 1. The van der Waals surface area contributed by atoms with E-state index >= 15 is 0 Å². The van der Waals surface area contributed by atoms with Gasteiger partial charge in [0.05, 0.1) is 6.61 Å². The second-order valence-corrected chi connectivity index (χ2v) is 11.2. The van der Waals surface area contributed by atoms with Gasteiger partial charge < -0.3 is 19.5 Å². The van der Waals surface area contributed by atoms with Crippen LogP contribution in [0.25, 0.3) is 0 Å². The second kappa shape index (κ2) is 8.68. The summed E-state index contributed by atoms with van der Waals surface area (Å²) in [5.74, 6) is 0.330. The normalized spacial score (nSPS) is 16.8. The van der Waals surface area contributed by atoms with E-state index in [9.17, 15) is 13.2 Å². The van der Waals surface area contributed by atoms with Crippen LogP contribution in [0.4, 0.5) is 10.5 Å². The number of likely N-dealkylation sites (N-methyl/N-ethyl adjacent to an activating group) is 1. The topological polar surface area (TPSA) is 92.7 Å². The van der Waals surface area contributed by atoms with Crippen LogP contribution < -0.4 is 14.8 Å². The molecule has 178 valence electrons. The lowest BCUT2D eigenvalue weighted by Crippen LogP contribution is -2.35. The minimum Gasteiger partial charge on any atom is -0.478 e. The Kier molecular flexibility index (Phi) is 5.86. The molecule has 0 saturated carbocycles. The quantitative estimate of drug-likeness (QED) is 0.675. The Hall–Kier alpha value is -2.52. The number of nitrogens with one attached hydrogen (secondary N) is 2. The van der Waals surface area contributed by atoms with Crippen molar-refractivity contribution >= 4 is 21.7 Å². The summed E-state index contributed by atoms with van der Waals surface area (Å²) in [5.41, 5.74) is 6.63. The summed E-state index contributed by atoms with van der Waals surface area (Å²) in [6.45, 7) is 1.97. The summed E-state index contributed by atoms with van der Waals surface area (Å²) in [6, 6.07) is 3.22. The molecule has 0 unspecified atom stereocenters. The summed E-state index contributed by atoms with van der Waals surface area (Å²) < 4.78 is 36.4. The monoisotopic (exact) mass is 472 g/mol. The predicted molar refractivity (Wildman–Crippen MR) is 127 cm³/mol. The first-order chi connectivity index (χ1) is 15.8. The van der Waals surface area contributed by atoms with Crippen molar-refractivity contribution in [3.05, 3.63) is 40.1 Å². The van der Waals surface area contributed by atoms with E-state index in [4.69, 9.17) is 4.74 Å². The van der Waals surface area contributed by atoms with Crippen LogP contribution in [0.3, 0.4) is 0 Å². The van der Waals surface area contributed by atoms with Gasteiger partial charge in [-0.1, -0.05) is 6.07 Å². The van der Waals surface area contributed by atoms with Gasteiger partial charge in [0, 0.05) is 30.9 Å². The molecule has 2 heterocycles. The third-order valence-electron chi connectivity index (χ3n) is 6.91. The van der Waals surface area contributed by atoms with Crippen molar-refractivity contribution in [1.29, 1.82) is 0 Å². The fraction of sp³-hybridized carbons (Fsp3) is 0.542. The number of benzene rings is 1. The van der Waals surface area contributed by atoms with Crippen LogP contribution in [0.2, 0.25) is 0 Å². The molecule has 0 spiro atoms. The molecule has 1 aliphatic heterocycles. The standard InChI is InChI=1S/C24H32N4O4S/c1-27(2)12-10-18-15-21(23-28(18)11-5-13-32-23)33(30,31)26-24(29)25-22-19-8-3-6-16(19)14-17-7-4-9-20(17)22/h14-15H,3-13H2,1-2H3,(H2,25,26,29). The van der Waals surface area contributed by atoms with Gasteiger partial charge in [0.1, 0.15) is 4.90 Å². The first kappa shape index (κ1) is 22.3. The van der Waals surface area contributed by atoms with Crippen LogP contribution in [0.15, 0.2) is 17.0 Å². The third-order valence-corrected chi connectivity index (χ3v) is 8.23. The number of hydrogen-bond donors (Lipinski definition) is 2. The molecule has 0 bridgehead atoms. The molecule has 0 radical (unpaired) electrons. The van der Waals surface area contributed by atoms with Crippen molar-refractivity contribution in [2.24, 2.45) is 0 Å². The number of amides is 2. The van der Waals surface area contributed by atoms with Gasteiger partial charge in [-0.15, -0.1) is 0 Å². The van der Waals surface area contributed by atoms with Crippen molar-refractivity contribution in [3.8, 4) is 5.88 Å². The van der Waals surface area contributed by atoms with E-state index in [0.717, 1.165) is 62.9 Å². The molecule has 2 N–H and O–H groups in total. The van der Waals surface area contributed by atoms with E-state index in [2.05, 4.69) is 21.0 Å².